The maximum atomic E-state index is 12.3. The third-order valence-corrected chi connectivity index (χ3v) is 5.77. The number of carboxylic acids is 2. The number of rotatable bonds is 9. The normalized spacial score (nSPS) is 25.9. The summed E-state index contributed by atoms with van der Waals surface area (Å²) < 4.78 is 0. The fourth-order valence-corrected chi connectivity index (χ4v) is 3.90. The van der Waals surface area contributed by atoms with Gasteiger partial charge in [-0.15, -0.1) is 0 Å². The number of nitrogens with two attached hydrogens (primary N) is 1. The van der Waals surface area contributed by atoms with Gasteiger partial charge in [-0.3, -0.25) is 35.7 Å². The summed E-state index contributed by atoms with van der Waals surface area (Å²) in [6, 6.07) is 4.80. The third-order valence-electron chi connectivity index (χ3n) is 5.77. The number of benzene rings is 1. The number of carbonyl (C=O) groups excluding carboxylic acids is 2. The molecule has 1 aromatic carbocycles. The van der Waals surface area contributed by atoms with Crippen LogP contribution >= 0.6 is 0 Å². The van der Waals surface area contributed by atoms with Crippen LogP contribution in [0.2, 0.25) is 0 Å². The molecule has 13 heteroatoms. The van der Waals surface area contributed by atoms with Gasteiger partial charge in [0.25, 0.3) is 5.91 Å². The maximum Gasteiger partial charge on any atom is 0.326 e. The van der Waals surface area contributed by atoms with Gasteiger partial charge < -0.3 is 26.2 Å². The minimum Gasteiger partial charge on any atom is -0.481 e. The molecule has 33 heavy (non-hydrogen) atoms. The largest absolute Gasteiger partial charge is 0.481 e. The van der Waals surface area contributed by atoms with Gasteiger partial charge in [0.05, 0.1) is 6.17 Å². The monoisotopic (exact) mass is 463 g/mol. The minimum atomic E-state index is -1.29. The van der Waals surface area contributed by atoms with E-state index in [0.29, 0.717) is 13.1 Å². The van der Waals surface area contributed by atoms with Crippen LogP contribution in [-0.2, 0) is 14.4 Å². The number of nitrogens with zero attached hydrogens (tertiary/aromatic N) is 1. The summed E-state index contributed by atoms with van der Waals surface area (Å²) in [6.45, 7) is 1.17. The van der Waals surface area contributed by atoms with Gasteiger partial charge in [-0.2, -0.15) is 0 Å². The van der Waals surface area contributed by atoms with Crippen LogP contribution in [0.5, 0.6) is 0 Å². The van der Waals surface area contributed by atoms with Crippen LogP contribution in [0.4, 0.5) is 5.69 Å². The number of hydrogen-bond donors (Lipinski definition) is 8. The first kappa shape index (κ1) is 24.4. The van der Waals surface area contributed by atoms with Crippen LogP contribution in [-0.4, -0.2) is 89.6 Å². The molecular weight excluding hydrogens is 434 g/mol. The highest BCUT2D eigenvalue weighted by molar-refractivity contribution is 5.97. The molecule has 3 rings (SSSR count). The van der Waals surface area contributed by atoms with Crippen LogP contribution in [0.15, 0.2) is 24.3 Å². The number of amides is 2. The molecule has 2 aliphatic heterocycles. The molecule has 0 aromatic heterocycles. The Labute approximate surface area is 190 Å². The Morgan fingerprint density at radius 2 is 1.94 bits per heavy atom. The van der Waals surface area contributed by atoms with Crippen molar-refractivity contribution in [1.82, 2.24) is 26.2 Å². The average molecular weight is 463 g/mol. The van der Waals surface area contributed by atoms with Crippen molar-refractivity contribution in [3.05, 3.63) is 29.8 Å². The van der Waals surface area contributed by atoms with E-state index in [1.165, 1.54) is 0 Å². The van der Waals surface area contributed by atoms with Gasteiger partial charge in [-0.1, -0.05) is 0 Å². The molecule has 2 saturated heterocycles. The number of nitrogens with one attached hydrogen (secondary N) is 5. The first-order valence-corrected chi connectivity index (χ1v) is 10.5. The number of carbonyl (C=O) groups is 4. The number of piperazine rings is 1. The summed E-state index contributed by atoms with van der Waals surface area (Å²) in [6.07, 6.45) is -1.40. The number of fused-ring (bicyclic) bond motifs is 1. The molecule has 0 spiro atoms. The number of carboxylic acid groups (broad SMARTS) is 2. The Balaban J connectivity index is 1.53. The molecule has 2 heterocycles. The molecule has 2 amide bonds. The lowest BCUT2D eigenvalue weighted by Gasteiger charge is -2.47. The van der Waals surface area contributed by atoms with E-state index in [-0.39, 0.29) is 36.5 Å². The molecular formula is C20H29N7O6. The van der Waals surface area contributed by atoms with E-state index >= 15 is 0 Å². The number of hydrogen-bond acceptors (Lipinski definition) is 9. The second-order valence-corrected chi connectivity index (χ2v) is 8.06. The fraction of sp³-hybridized carbons (Fsp3) is 0.500. The smallest absolute Gasteiger partial charge is 0.326 e. The van der Waals surface area contributed by atoms with Crippen LogP contribution in [0.3, 0.4) is 0 Å². The fourth-order valence-electron chi connectivity index (χ4n) is 3.90. The molecule has 1 aromatic rings. The molecule has 13 nitrogen and oxygen atoms in total. The second kappa shape index (κ2) is 10.6. The standard InChI is InChI=1S/C20H29N7O6/c1-27-12(9-23-16-15(27)18(31)26-20(21)25-16)8-22-11-4-2-10(3-5-11)17(30)24-13(19(32)33)6-7-14(28)29/h2-5,12-13,15-16,20,22-23,25H,6-9,21H2,1H3,(H,24,30)(H,26,31)(H,28,29)(H,32,33)/t12-,13-,15+,16+,20?/m0/s1. The van der Waals surface area contributed by atoms with Crippen molar-refractivity contribution in [1.29, 1.82) is 0 Å². The topological polar surface area (TPSA) is 198 Å². The molecule has 9 N–H and O–H groups in total. The highest BCUT2D eigenvalue weighted by atomic mass is 16.4. The van der Waals surface area contributed by atoms with Crippen molar-refractivity contribution in [2.75, 3.05) is 25.5 Å². The van der Waals surface area contributed by atoms with E-state index in [1.54, 1.807) is 24.3 Å². The predicted molar refractivity (Wildman–Crippen MR) is 117 cm³/mol. The molecule has 2 aliphatic rings. The Hall–Kier alpha value is -3.26. The lowest BCUT2D eigenvalue weighted by Crippen LogP contribution is -2.78. The van der Waals surface area contributed by atoms with Crippen LogP contribution in [0.1, 0.15) is 23.2 Å². The molecule has 180 valence electrons. The first-order valence-electron chi connectivity index (χ1n) is 10.5. The Bertz CT molecular complexity index is 895. The van der Waals surface area contributed by atoms with Crippen LogP contribution in [0.25, 0.3) is 0 Å². The Kier molecular flexibility index (Phi) is 7.81. The van der Waals surface area contributed by atoms with E-state index in [1.807, 2.05) is 11.9 Å². The van der Waals surface area contributed by atoms with Gasteiger partial charge in [-0.05, 0) is 37.7 Å². The van der Waals surface area contributed by atoms with Gasteiger partial charge >= 0.3 is 11.9 Å². The molecule has 0 aliphatic carbocycles. The van der Waals surface area contributed by atoms with E-state index in [2.05, 4.69) is 26.6 Å². The van der Waals surface area contributed by atoms with Gasteiger partial charge in [0, 0.05) is 36.8 Å². The molecule has 0 radical (unpaired) electrons. The lowest BCUT2D eigenvalue weighted by molar-refractivity contribution is -0.140. The number of aliphatic carboxylic acids is 2. The van der Waals surface area contributed by atoms with E-state index < -0.39 is 36.2 Å². The van der Waals surface area contributed by atoms with Gasteiger partial charge in [0.1, 0.15) is 18.4 Å². The summed E-state index contributed by atoms with van der Waals surface area (Å²) in [5.74, 6) is -3.18. The third kappa shape index (κ3) is 6.16. The summed E-state index contributed by atoms with van der Waals surface area (Å²) in [7, 11) is 1.87. The van der Waals surface area contributed by atoms with Crippen molar-refractivity contribution in [2.24, 2.45) is 5.73 Å². The Morgan fingerprint density at radius 3 is 2.58 bits per heavy atom. The summed E-state index contributed by atoms with van der Waals surface area (Å²) in [5.41, 5.74) is 6.75. The van der Waals surface area contributed by atoms with Crippen molar-refractivity contribution in [3.63, 3.8) is 0 Å². The molecule has 1 unspecified atom stereocenters. The molecule has 5 atom stereocenters. The number of likely N-dealkylation sites (N-methyl/N-ethyl adjacent to an activating group) is 1. The highest BCUT2D eigenvalue weighted by Crippen LogP contribution is 2.16. The van der Waals surface area contributed by atoms with Gasteiger partial charge in [0.2, 0.25) is 5.91 Å². The van der Waals surface area contributed by atoms with Crippen molar-refractivity contribution in [2.45, 2.75) is 43.4 Å². The molecule has 0 saturated carbocycles. The lowest BCUT2D eigenvalue weighted by atomic mass is 10.0. The zero-order valence-electron chi connectivity index (χ0n) is 18.1. The summed E-state index contributed by atoms with van der Waals surface area (Å²) in [5, 5.41) is 32.6. The van der Waals surface area contributed by atoms with Gasteiger partial charge in [0.15, 0.2) is 0 Å². The Morgan fingerprint density at radius 1 is 1.24 bits per heavy atom. The highest BCUT2D eigenvalue weighted by Gasteiger charge is 2.43. The summed E-state index contributed by atoms with van der Waals surface area (Å²) >= 11 is 0. The maximum absolute atomic E-state index is 12.3. The van der Waals surface area contributed by atoms with Crippen molar-refractivity contribution in [3.8, 4) is 0 Å². The SMILES string of the molecule is CN1[C@@H](CNc2ccc(C(=O)N[C@@H](CCC(=O)O)C(=O)O)cc2)CN[C@@H]2NC(N)NC(=O)[C@@H]21. The van der Waals surface area contributed by atoms with Crippen molar-refractivity contribution >= 4 is 29.4 Å². The number of anilines is 1. The zero-order valence-corrected chi connectivity index (χ0v) is 18.1. The van der Waals surface area contributed by atoms with Gasteiger partial charge in [-0.25, -0.2) is 4.79 Å². The van der Waals surface area contributed by atoms with E-state index in [4.69, 9.17) is 10.8 Å². The molecule has 0 bridgehead atoms. The van der Waals surface area contributed by atoms with Crippen molar-refractivity contribution < 1.29 is 29.4 Å². The zero-order chi connectivity index (χ0) is 24.1. The van der Waals surface area contributed by atoms with E-state index in [0.717, 1.165) is 5.69 Å². The predicted octanol–water partition coefficient (Wildman–Crippen LogP) is -2.29. The van der Waals surface area contributed by atoms with E-state index in [9.17, 15) is 24.3 Å². The van der Waals surface area contributed by atoms with Crippen LogP contribution < -0.4 is 32.3 Å². The minimum absolute atomic E-state index is 0.0154. The van der Waals surface area contributed by atoms with Crippen LogP contribution in [0, 0.1) is 0 Å². The first-order chi connectivity index (χ1) is 15.7. The summed E-state index contributed by atoms with van der Waals surface area (Å²) in [4.78, 5) is 48.6. The second-order valence-electron chi connectivity index (χ2n) is 8.06. The molecule has 2 fully saturated rings. The average Bonchev–Trinajstić information content (AvgIpc) is 2.75. The quantitative estimate of drug-likeness (QED) is 0.196.